The molecule has 132 valence electrons. The fourth-order valence-electron chi connectivity index (χ4n) is 2.63. The van der Waals surface area contributed by atoms with Crippen molar-refractivity contribution in [2.45, 2.75) is 13.0 Å². The van der Waals surface area contributed by atoms with Gasteiger partial charge in [-0.15, -0.1) is 0 Å². The van der Waals surface area contributed by atoms with Gasteiger partial charge >= 0.3 is 5.97 Å². The minimum Gasteiger partial charge on any atom is -0.476 e. The number of fused-ring (bicyclic) bond motifs is 1. The van der Waals surface area contributed by atoms with Crippen molar-refractivity contribution in [2.24, 2.45) is 0 Å². The third-order valence-electron chi connectivity index (χ3n) is 3.98. The third-order valence-corrected chi connectivity index (χ3v) is 3.98. The summed E-state index contributed by atoms with van der Waals surface area (Å²) in [6, 6.07) is 7.39. The van der Waals surface area contributed by atoms with Gasteiger partial charge in [-0.25, -0.2) is 18.3 Å². The molecule has 6 nitrogen and oxygen atoms in total. The maximum atomic E-state index is 13.4. The van der Waals surface area contributed by atoms with Crippen LogP contribution in [0.2, 0.25) is 0 Å². The van der Waals surface area contributed by atoms with Crippen molar-refractivity contribution >= 4 is 22.5 Å². The molecule has 0 amide bonds. The van der Waals surface area contributed by atoms with E-state index in [1.165, 1.54) is 19.1 Å². The molecule has 1 aromatic heterocycles. The number of carbonyl (C=O) groups is 2. The number of aromatic carboxylic acids is 1. The van der Waals surface area contributed by atoms with E-state index in [1.807, 2.05) is 0 Å². The van der Waals surface area contributed by atoms with Crippen LogP contribution >= 0.6 is 0 Å². The average Bonchev–Trinajstić information content (AvgIpc) is 2.63. The smallest absolute Gasteiger partial charge is 0.357 e. The molecule has 1 atom stereocenters. The molecular weight excluding hydrogens is 346 g/mol. The van der Waals surface area contributed by atoms with Crippen LogP contribution in [0.4, 0.5) is 8.78 Å². The van der Waals surface area contributed by atoms with Gasteiger partial charge in [-0.05, 0) is 31.2 Å². The molecule has 3 rings (SSSR count). The SMILES string of the molecule is CC(C(=O)c1ccc(F)c(F)c1)n1nc(C(=O)O)c2ccccc2c1=O. The van der Waals surface area contributed by atoms with Gasteiger partial charge in [0.25, 0.3) is 5.56 Å². The van der Waals surface area contributed by atoms with E-state index in [9.17, 15) is 28.3 Å². The van der Waals surface area contributed by atoms with Crippen LogP contribution in [-0.2, 0) is 0 Å². The highest BCUT2D eigenvalue weighted by Gasteiger charge is 2.24. The van der Waals surface area contributed by atoms with Crippen LogP contribution in [0, 0.1) is 11.6 Å². The highest BCUT2D eigenvalue weighted by molar-refractivity contribution is 6.02. The van der Waals surface area contributed by atoms with Gasteiger partial charge in [-0.1, -0.05) is 18.2 Å². The Morgan fingerprint density at radius 2 is 1.73 bits per heavy atom. The summed E-state index contributed by atoms with van der Waals surface area (Å²) in [4.78, 5) is 36.6. The van der Waals surface area contributed by atoms with E-state index in [-0.39, 0.29) is 22.0 Å². The standard InChI is InChI=1S/C18H12F2N2O4/c1-9(16(23)10-6-7-13(19)14(20)8-10)22-17(24)12-5-3-2-4-11(12)15(21-22)18(25)26/h2-9H,1H3,(H,25,26). The van der Waals surface area contributed by atoms with Crippen LogP contribution in [0.15, 0.2) is 47.3 Å². The Hall–Kier alpha value is -3.42. The lowest BCUT2D eigenvalue weighted by atomic mass is 10.0. The summed E-state index contributed by atoms with van der Waals surface area (Å²) in [7, 11) is 0. The summed E-state index contributed by atoms with van der Waals surface area (Å²) in [5.74, 6) is -4.37. The van der Waals surface area contributed by atoms with Crippen molar-refractivity contribution in [3.63, 3.8) is 0 Å². The Bertz CT molecular complexity index is 1110. The van der Waals surface area contributed by atoms with Crippen LogP contribution in [0.5, 0.6) is 0 Å². The number of carbonyl (C=O) groups excluding carboxylic acids is 1. The molecule has 0 bridgehead atoms. The van der Waals surface area contributed by atoms with Crippen LogP contribution in [0.1, 0.15) is 33.8 Å². The lowest BCUT2D eigenvalue weighted by Gasteiger charge is -2.15. The second kappa shape index (κ2) is 6.47. The molecule has 1 N–H and O–H groups in total. The molecule has 0 saturated carbocycles. The Morgan fingerprint density at radius 3 is 2.35 bits per heavy atom. The monoisotopic (exact) mass is 358 g/mol. The van der Waals surface area contributed by atoms with Crippen molar-refractivity contribution in [1.29, 1.82) is 0 Å². The van der Waals surface area contributed by atoms with Gasteiger partial charge < -0.3 is 5.11 Å². The molecule has 8 heteroatoms. The summed E-state index contributed by atoms with van der Waals surface area (Å²) in [5, 5.41) is 13.4. The van der Waals surface area contributed by atoms with Gasteiger partial charge in [0.15, 0.2) is 23.1 Å². The number of nitrogens with zero attached hydrogens (tertiary/aromatic N) is 2. The minimum atomic E-state index is -1.36. The van der Waals surface area contributed by atoms with Gasteiger partial charge in [0, 0.05) is 10.9 Å². The van der Waals surface area contributed by atoms with Gasteiger partial charge in [0.2, 0.25) is 0 Å². The van der Waals surface area contributed by atoms with Gasteiger partial charge in [-0.2, -0.15) is 5.10 Å². The van der Waals surface area contributed by atoms with Crippen molar-refractivity contribution in [1.82, 2.24) is 9.78 Å². The fraction of sp³-hybridized carbons (Fsp3) is 0.111. The van der Waals surface area contributed by atoms with Crippen LogP contribution in [-0.4, -0.2) is 26.6 Å². The summed E-state index contributed by atoms with van der Waals surface area (Å²) in [5.41, 5.74) is -1.20. The maximum absolute atomic E-state index is 13.4. The van der Waals surface area contributed by atoms with E-state index in [0.29, 0.717) is 0 Å². The molecular formula is C18H12F2N2O4. The Kier molecular flexibility index (Phi) is 4.33. The number of carboxylic acids is 1. The fourth-order valence-corrected chi connectivity index (χ4v) is 2.63. The quantitative estimate of drug-likeness (QED) is 0.725. The summed E-state index contributed by atoms with van der Waals surface area (Å²) >= 11 is 0. The zero-order valence-corrected chi connectivity index (χ0v) is 13.4. The molecule has 3 aromatic rings. The largest absolute Gasteiger partial charge is 0.476 e. The number of halogens is 2. The van der Waals surface area contributed by atoms with Crippen molar-refractivity contribution in [2.75, 3.05) is 0 Å². The Labute approximate surface area is 145 Å². The average molecular weight is 358 g/mol. The van der Waals surface area contributed by atoms with E-state index < -0.39 is 35.0 Å². The van der Waals surface area contributed by atoms with Crippen LogP contribution < -0.4 is 5.56 Å². The molecule has 1 heterocycles. The first-order valence-corrected chi connectivity index (χ1v) is 7.55. The molecule has 0 fully saturated rings. The first-order valence-electron chi connectivity index (χ1n) is 7.55. The second-order valence-electron chi connectivity index (χ2n) is 5.62. The first-order chi connectivity index (χ1) is 12.3. The molecule has 2 aromatic carbocycles. The second-order valence-corrected chi connectivity index (χ2v) is 5.62. The van der Waals surface area contributed by atoms with Crippen molar-refractivity contribution < 1.29 is 23.5 Å². The van der Waals surface area contributed by atoms with E-state index in [2.05, 4.69) is 5.10 Å². The number of benzene rings is 2. The number of hydrogen-bond acceptors (Lipinski definition) is 4. The summed E-state index contributed by atoms with van der Waals surface area (Å²) in [6.07, 6.45) is 0. The predicted molar refractivity (Wildman–Crippen MR) is 88.4 cm³/mol. The number of ketones is 1. The molecule has 0 saturated heterocycles. The number of rotatable bonds is 4. The van der Waals surface area contributed by atoms with E-state index >= 15 is 0 Å². The van der Waals surface area contributed by atoms with Gasteiger partial charge in [0.05, 0.1) is 5.39 Å². The number of aromatic nitrogens is 2. The molecule has 0 radical (unpaired) electrons. The normalized spacial score (nSPS) is 12.1. The first kappa shape index (κ1) is 17.4. The lowest BCUT2D eigenvalue weighted by Crippen LogP contribution is -2.32. The van der Waals surface area contributed by atoms with Gasteiger partial charge in [0.1, 0.15) is 6.04 Å². The third kappa shape index (κ3) is 2.85. The molecule has 0 aliphatic carbocycles. The Morgan fingerprint density at radius 1 is 1.08 bits per heavy atom. The predicted octanol–water partition coefficient (Wildman–Crippen LogP) is 2.82. The maximum Gasteiger partial charge on any atom is 0.357 e. The topological polar surface area (TPSA) is 89.3 Å². The highest BCUT2D eigenvalue weighted by atomic mass is 19.2. The summed E-state index contributed by atoms with van der Waals surface area (Å²) < 4.78 is 27.2. The molecule has 1 unspecified atom stereocenters. The number of Topliss-reactive ketones (excluding diaryl/α,β-unsaturated/α-hetero) is 1. The van der Waals surface area contributed by atoms with Crippen molar-refractivity contribution in [3.8, 4) is 0 Å². The van der Waals surface area contributed by atoms with Crippen LogP contribution in [0.3, 0.4) is 0 Å². The molecule has 26 heavy (non-hydrogen) atoms. The van der Waals surface area contributed by atoms with E-state index in [0.717, 1.165) is 22.9 Å². The molecule has 0 aliphatic rings. The number of hydrogen-bond donors (Lipinski definition) is 1. The van der Waals surface area contributed by atoms with Crippen molar-refractivity contribution in [3.05, 3.63) is 75.7 Å². The Balaban J connectivity index is 2.16. The zero-order chi connectivity index (χ0) is 19.0. The zero-order valence-electron chi connectivity index (χ0n) is 13.4. The lowest BCUT2D eigenvalue weighted by molar-refractivity contribution is 0.0687. The molecule has 0 aliphatic heterocycles. The molecule has 0 spiro atoms. The van der Waals surface area contributed by atoms with E-state index in [1.54, 1.807) is 12.1 Å². The minimum absolute atomic E-state index is 0.0878. The number of carboxylic acid groups (broad SMARTS) is 1. The summed E-state index contributed by atoms with van der Waals surface area (Å²) in [6.45, 7) is 1.33. The van der Waals surface area contributed by atoms with Gasteiger partial charge in [-0.3, -0.25) is 9.59 Å². The van der Waals surface area contributed by atoms with E-state index in [4.69, 9.17) is 0 Å². The highest BCUT2D eigenvalue weighted by Crippen LogP contribution is 2.18. The van der Waals surface area contributed by atoms with Crippen LogP contribution in [0.25, 0.3) is 10.8 Å².